The summed E-state index contributed by atoms with van der Waals surface area (Å²) in [7, 11) is 1.68. The molecule has 1 N–H and O–H groups in total. The minimum atomic E-state index is -0.430. The lowest BCUT2D eigenvalue weighted by atomic mass is 9.99. The molecular formula is C23H29N5O4. The van der Waals surface area contributed by atoms with Crippen LogP contribution in [0.3, 0.4) is 0 Å². The van der Waals surface area contributed by atoms with E-state index in [0.717, 1.165) is 5.56 Å². The van der Waals surface area contributed by atoms with Gasteiger partial charge < -0.3 is 19.6 Å². The summed E-state index contributed by atoms with van der Waals surface area (Å²) in [4.78, 5) is 41.7. The van der Waals surface area contributed by atoms with Crippen LogP contribution in [0.15, 0.2) is 36.9 Å². The fourth-order valence-electron chi connectivity index (χ4n) is 3.58. The predicted octanol–water partition coefficient (Wildman–Crippen LogP) is 1.90. The summed E-state index contributed by atoms with van der Waals surface area (Å²) in [5.74, 6) is -0.426. The van der Waals surface area contributed by atoms with Crippen LogP contribution in [-0.4, -0.2) is 80.6 Å². The average Bonchev–Trinajstić information content (AvgIpc) is 2.81. The van der Waals surface area contributed by atoms with Crippen LogP contribution in [0.2, 0.25) is 0 Å². The topological polar surface area (TPSA) is 109 Å². The number of carbonyl (C=O) groups is 2. The smallest absolute Gasteiger partial charge is 0.273 e. The number of allylic oxidation sites excluding steroid dienone is 1. The van der Waals surface area contributed by atoms with E-state index in [-0.39, 0.29) is 48.5 Å². The second-order valence-corrected chi connectivity index (χ2v) is 8.02. The number of aliphatic hydroxyl groups excluding tert-OH is 1. The minimum Gasteiger partial charge on any atom is -0.472 e. The molecule has 9 nitrogen and oxygen atoms in total. The van der Waals surface area contributed by atoms with Crippen LogP contribution >= 0.6 is 0 Å². The average molecular weight is 440 g/mol. The Balaban J connectivity index is 1.93. The highest BCUT2D eigenvalue weighted by Gasteiger charge is 2.34. The largest absolute Gasteiger partial charge is 0.472 e. The number of hydrogen-bond acceptors (Lipinski definition) is 7. The normalized spacial score (nSPS) is 19.7. The summed E-state index contributed by atoms with van der Waals surface area (Å²) >= 11 is 0. The van der Waals surface area contributed by atoms with Crippen molar-refractivity contribution in [3.8, 4) is 5.88 Å². The van der Waals surface area contributed by atoms with Crippen molar-refractivity contribution in [3.05, 3.63) is 53.8 Å². The maximum atomic E-state index is 13.3. The van der Waals surface area contributed by atoms with E-state index < -0.39 is 6.10 Å². The molecule has 170 valence electrons. The standard InChI is InChI=1S/C23H29N5O4/c1-5-6-17-9-18-21(26-10-17)32-20(15(2)12-28(22(18)30)16(3)14-29)13-27(4)23(31)19-11-24-7-8-25-19/h5-11,15-16,20,29H,12-14H2,1-4H3/b6-5+/t15-,16-,20-/m0/s1. The number of nitrogens with zero attached hydrogens (tertiary/aromatic N) is 5. The highest BCUT2D eigenvalue weighted by molar-refractivity contribution is 5.97. The number of aliphatic hydroxyl groups is 1. The molecule has 0 spiro atoms. The molecule has 3 rings (SSSR count). The van der Waals surface area contributed by atoms with E-state index in [9.17, 15) is 14.7 Å². The number of amides is 2. The summed E-state index contributed by atoms with van der Waals surface area (Å²) in [6.45, 7) is 6.11. The van der Waals surface area contributed by atoms with Gasteiger partial charge in [0.25, 0.3) is 11.8 Å². The van der Waals surface area contributed by atoms with Gasteiger partial charge in [0.1, 0.15) is 17.4 Å². The summed E-state index contributed by atoms with van der Waals surface area (Å²) in [5, 5.41) is 9.73. The fourth-order valence-corrected chi connectivity index (χ4v) is 3.58. The maximum absolute atomic E-state index is 13.3. The van der Waals surface area contributed by atoms with E-state index in [4.69, 9.17) is 4.74 Å². The van der Waals surface area contributed by atoms with Crippen LogP contribution in [-0.2, 0) is 0 Å². The van der Waals surface area contributed by atoms with Gasteiger partial charge in [-0.05, 0) is 25.5 Å². The van der Waals surface area contributed by atoms with Crippen LogP contribution in [0, 0.1) is 5.92 Å². The first-order valence-electron chi connectivity index (χ1n) is 10.6. The zero-order chi connectivity index (χ0) is 23.3. The van der Waals surface area contributed by atoms with Crippen molar-refractivity contribution in [1.29, 1.82) is 0 Å². The van der Waals surface area contributed by atoms with Crippen LogP contribution in [0.1, 0.15) is 47.2 Å². The third kappa shape index (κ3) is 5.11. The Bertz CT molecular complexity index is 982. The molecule has 3 heterocycles. The molecule has 3 atom stereocenters. The van der Waals surface area contributed by atoms with Crippen molar-refractivity contribution in [2.75, 3.05) is 26.7 Å². The van der Waals surface area contributed by atoms with Crippen molar-refractivity contribution < 1.29 is 19.4 Å². The summed E-state index contributed by atoms with van der Waals surface area (Å²) in [5.41, 5.74) is 1.36. The number of ether oxygens (including phenoxy) is 1. The number of rotatable bonds is 6. The Kier molecular flexibility index (Phi) is 7.53. The van der Waals surface area contributed by atoms with E-state index in [1.807, 2.05) is 26.0 Å². The van der Waals surface area contributed by atoms with Crippen LogP contribution in [0.4, 0.5) is 0 Å². The molecule has 1 aliphatic rings. The van der Waals surface area contributed by atoms with Crippen LogP contribution < -0.4 is 4.74 Å². The Hall–Kier alpha value is -3.33. The third-order valence-electron chi connectivity index (χ3n) is 5.48. The van der Waals surface area contributed by atoms with Crippen molar-refractivity contribution >= 4 is 17.9 Å². The van der Waals surface area contributed by atoms with Crippen molar-refractivity contribution in [3.63, 3.8) is 0 Å². The van der Waals surface area contributed by atoms with Gasteiger partial charge in [-0.1, -0.05) is 19.1 Å². The Morgan fingerprint density at radius 1 is 1.38 bits per heavy atom. The first-order valence-corrected chi connectivity index (χ1v) is 10.6. The van der Waals surface area contributed by atoms with Gasteiger partial charge in [-0.2, -0.15) is 0 Å². The van der Waals surface area contributed by atoms with Crippen molar-refractivity contribution in [1.82, 2.24) is 24.8 Å². The van der Waals surface area contributed by atoms with Crippen LogP contribution in [0.5, 0.6) is 5.88 Å². The van der Waals surface area contributed by atoms with Gasteiger partial charge >= 0.3 is 0 Å². The van der Waals surface area contributed by atoms with Gasteiger partial charge in [-0.15, -0.1) is 0 Å². The molecule has 0 radical (unpaired) electrons. The van der Waals surface area contributed by atoms with E-state index in [2.05, 4.69) is 15.0 Å². The summed E-state index contributed by atoms with van der Waals surface area (Å²) in [6.07, 6.45) is 9.33. The monoisotopic (exact) mass is 439 g/mol. The SMILES string of the molecule is C/C=C/c1cnc2c(c1)C(=O)N([C@@H](C)CO)C[C@H](C)[C@H](CN(C)C(=O)c1cnccn1)O2. The fraction of sp³-hybridized carbons (Fsp3) is 0.435. The number of carbonyl (C=O) groups excluding carboxylic acids is 2. The molecule has 0 aliphatic carbocycles. The molecule has 0 saturated heterocycles. The number of pyridine rings is 1. The summed E-state index contributed by atoms with van der Waals surface area (Å²) in [6, 6.07) is 1.37. The molecule has 0 saturated carbocycles. The Labute approximate surface area is 187 Å². The zero-order valence-corrected chi connectivity index (χ0v) is 18.8. The van der Waals surface area contributed by atoms with Gasteiger partial charge in [0, 0.05) is 38.1 Å². The molecule has 0 fully saturated rings. The van der Waals surface area contributed by atoms with E-state index in [1.165, 1.54) is 23.5 Å². The molecule has 2 amide bonds. The van der Waals surface area contributed by atoms with Gasteiger partial charge in [-0.3, -0.25) is 14.6 Å². The molecule has 9 heteroatoms. The van der Waals surface area contributed by atoms with Gasteiger partial charge in [-0.25, -0.2) is 9.97 Å². The van der Waals surface area contributed by atoms with Gasteiger partial charge in [0.15, 0.2) is 0 Å². The highest BCUT2D eigenvalue weighted by atomic mass is 16.5. The second kappa shape index (κ2) is 10.3. The second-order valence-electron chi connectivity index (χ2n) is 8.02. The number of fused-ring (bicyclic) bond motifs is 1. The van der Waals surface area contributed by atoms with E-state index in [0.29, 0.717) is 12.1 Å². The molecule has 1 aliphatic heterocycles. The van der Waals surface area contributed by atoms with Crippen LogP contribution in [0.25, 0.3) is 6.08 Å². The zero-order valence-electron chi connectivity index (χ0n) is 18.8. The molecule has 2 aromatic rings. The maximum Gasteiger partial charge on any atom is 0.273 e. The molecular weight excluding hydrogens is 410 g/mol. The first kappa shape index (κ1) is 23.3. The number of aromatic nitrogens is 3. The third-order valence-corrected chi connectivity index (χ3v) is 5.48. The quantitative estimate of drug-likeness (QED) is 0.732. The molecule has 0 aromatic carbocycles. The lowest BCUT2D eigenvalue weighted by Gasteiger charge is -2.37. The lowest BCUT2D eigenvalue weighted by molar-refractivity contribution is 0.0312. The summed E-state index contributed by atoms with van der Waals surface area (Å²) < 4.78 is 6.20. The van der Waals surface area contributed by atoms with Gasteiger partial charge in [0.2, 0.25) is 5.88 Å². The van der Waals surface area contributed by atoms with Crippen molar-refractivity contribution in [2.45, 2.75) is 32.9 Å². The van der Waals surface area contributed by atoms with Crippen molar-refractivity contribution in [2.24, 2.45) is 5.92 Å². The van der Waals surface area contributed by atoms with E-state index in [1.54, 1.807) is 31.1 Å². The Morgan fingerprint density at radius 3 is 2.81 bits per heavy atom. The number of hydrogen-bond donors (Lipinski definition) is 1. The predicted molar refractivity (Wildman–Crippen MR) is 119 cm³/mol. The molecule has 0 unspecified atom stereocenters. The van der Waals surface area contributed by atoms with Gasteiger partial charge in [0.05, 0.1) is 25.4 Å². The molecule has 2 aromatic heterocycles. The number of likely N-dealkylation sites (N-methyl/N-ethyl adjacent to an activating group) is 1. The first-order chi connectivity index (χ1) is 15.3. The van der Waals surface area contributed by atoms with E-state index >= 15 is 0 Å². The Morgan fingerprint density at radius 2 is 2.16 bits per heavy atom. The highest BCUT2D eigenvalue weighted by Crippen LogP contribution is 2.27. The minimum absolute atomic E-state index is 0.129. The molecule has 32 heavy (non-hydrogen) atoms. The molecule has 0 bridgehead atoms. The lowest BCUT2D eigenvalue weighted by Crippen LogP contribution is -2.50.